The molecule has 26 heavy (non-hydrogen) atoms. The van der Waals surface area contributed by atoms with Crippen LogP contribution in [0.25, 0.3) is 22.3 Å². The van der Waals surface area contributed by atoms with E-state index in [4.69, 9.17) is 4.74 Å². The van der Waals surface area contributed by atoms with Crippen LogP contribution in [0.3, 0.4) is 0 Å². The Labute approximate surface area is 163 Å². The van der Waals surface area contributed by atoms with E-state index in [0.29, 0.717) is 5.92 Å². The van der Waals surface area contributed by atoms with Crippen LogP contribution in [-0.4, -0.2) is 18.9 Å². The molecule has 3 atom stereocenters. The lowest BCUT2D eigenvalue weighted by Crippen LogP contribution is -2.14. The maximum absolute atomic E-state index is 5.90. The fraction of sp³-hybridized carbons (Fsp3) is 0.182. The van der Waals surface area contributed by atoms with Gasteiger partial charge in [0.25, 0.3) is 0 Å². The fourth-order valence-corrected chi connectivity index (χ4v) is 3.96. The normalized spacial score (nSPS) is 10.9. The molecule has 0 radical (unpaired) electrons. The highest BCUT2D eigenvalue weighted by atomic mass is 31.0. The number of benzene rings is 3. The molecule has 0 aromatic heterocycles. The van der Waals surface area contributed by atoms with Crippen molar-refractivity contribution in [1.29, 1.82) is 0 Å². The molecule has 0 amide bonds. The molecular weight excluding hydrogens is 373 g/mol. The van der Waals surface area contributed by atoms with E-state index in [1.165, 1.54) is 27.6 Å². The molecule has 134 valence electrons. The largest absolute Gasteiger partial charge is 0.493 e. The second-order valence-corrected chi connectivity index (χ2v) is 7.98. The second kappa shape index (κ2) is 9.62. The van der Waals surface area contributed by atoms with Gasteiger partial charge in [0.1, 0.15) is 5.75 Å². The number of rotatable bonds is 7. The Morgan fingerprint density at radius 2 is 1.00 bits per heavy atom. The molecule has 3 aromatic rings. The van der Waals surface area contributed by atoms with E-state index in [1.54, 1.807) is 0 Å². The lowest BCUT2D eigenvalue weighted by Gasteiger charge is -2.14. The Hall–Kier alpha value is -1.25. The van der Waals surface area contributed by atoms with Crippen molar-refractivity contribution in [1.82, 2.24) is 0 Å². The molecule has 0 saturated carbocycles. The van der Waals surface area contributed by atoms with Crippen LogP contribution >= 0.6 is 27.7 Å². The minimum absolute atomic E-state index is 0.567. The van der Waals surface area contributed by atoms with Gasteiger partial charge in [0.05, 0.1) is 6.61 Å². The molecule has 0 aliphatic carbocycles. The first kappa shape index (κ1) is 19.5. The van der Waals surface area contributed by atoms with Crippen molar-refractivity contribution in [2.24, 2.45) is 5.92 Å². The Morgan fingerprint density at radius 3 is 1.42 bits per heavy atom. The van der Waals surface area contributed by atoms with Crippen molar-refractivity contribution < 1.29 is 4.74 Å². The van der Waals surface area contributed by atoms with Gasteiger partial charge in [-0.2, -0.15) is 0 Å². The van der Waals surface area contributed by atoms with E-state index in [0.717, 1.165) is 24.7 Å². The molecule has 0 aliphatic rings. The van der Waals surface area contributed by atoms with Crippen molar-refractivity contribution in [3.8, 4) is 28.0 Å². The first-order chi connectivity index (χ1) is 12.7. The van der Waals surface area contributed by atoms with E-state index >= 15 is 0 Å². The number of hydrogen-bond acceptors (Lipinski definition) is 1. The first-order valence-electron chi connectivity index (χ1n) is 8.79. The number of ether oxygens (including phenoxy) is 1. The van der Waals surface area contributed by atoms with Crippen LogP contribution in [0.1, 0.15) is 0 Å². The van der Waals surface area contributed by atoms with E-state index in [-0.39, 0.29) is 0 Å². The zero-order chi connectivity index (χ0) is 18.4. The molecule has 0 bridgehead atoms. The Morgan fingerprint density at radius 1 is 0.615 bits per heavy atom. The number of hydrogen-bond donors (Lipinski definition) is 0. The zero-order valence-electron chi connectivity index (χ0n) is 14.8. The molecule has 3 rings (SSSR count). The van der Waals surface area contributed by atoms with Crippen molar-refractivity contribution >= 4 is 33.0 Å². The average Bonchev–Trinajstić information content (AvgIpc) is 2.70. The Balaban J connectivity index is 1.68. The average molecular weight is 398 g/mol. The molecule has 1 nitrogen and oxygen atoms in total. The molecule has 0 aliphatic heterocycles. The van der Waals surface area contributed by atoms with Crippen molar-refractivity contribution in [3.63, 3.8) is 0 Å². The van der Waals surface area contributed by atoms with E-state index in [9.17, 15) is 0 Å². The lowest BCUT2D eigenvalue weighted by molar-refractivity contribution is 0.275. The third-order valence-electron chi connectivity index (χ3n) is 4.47. The third kappa shape index (κ3) is 5.14. The summed E-state index contributed by atoms with van der Waals surface area (Å²) in [5, 5.41) is 1.20. The van der Waals surface area contributed by atoms with Crippen LogP contribution in [0.2, 0.25) is 0 Å². The van der Waals surface area contributed by atoms with Crippen LogP contribution in [0, 0.1) is 5.92 Å². The van der Waals surface area contributed by atoms with Gasteiger partial charge in [-0.25, -0.2) is 0 Å². The van der Waals surface area contributed by atoms with Gasteiger partial charge in [0.15, 0.2) is 0 Å². The summed E-state index contributed by atoms with van der Waals surface area (Å²) in [7, 11) is 8.31. The molecule has 0 N–H and O–H groups in total. The minimum atomic E-state index is 0.567. The van der Waals surface area contributed by atoms with E-state index in [1.807, 2.05) is 0 Å². The van der Waals surface area contributed by atoms with Crippen molar-refractivity contribution in [2.45, 2.75) is 0 Å². The summed E-state index contributed by atoms with van der Waals surface area (Å²) in [5.74, 6) is 1.50. The van der Waals surface area contributed by atoms with Crippen LogP contribution in [0.5, 0.6) is 5.75 Å². The molecule has 0 saturated heterocycles. The van der Waals surface area contributed by atoms with E-state index < -0.39 is 0 Å². The highest BCUT2D eigenvalue weighted by Crippen LogP contribution is 2.26. The molecule has 3 unspecified atom stereocenters. The summed E-state index contributed by atoms with van der Waals surface area (Å²) in [6.45, 7) is 0.760. The molecule has 0 spiro atoms. The van der Waals surface area contributed by atoms with Gasteiger partial charge in [0.2, 0.25) is 0 Å². The summed E-state index contributed by atoms with van der Waals surface area (Å²) < 4.78 is 5.90. The standard InChI is InChI=1S/C22H25OP3/c24-14-16(15-25)13-23-21-9-5-19(6-10-21)17-1-3-18(4-2-17)20-7-11-22(26)12-8-20/h1-12,16H,13-15,24-26H2. The monoisotopic (exact) mass is 398 g/mol. The summed E-state index contributed by atoms with van der Waals surface area (Å²) in [6, 6.07) is 25.6. The summed E-state index contributed by atoms with van der Waals surface area (Å²) in [6.07, 6.45) is 2.13. The summed E-state index contributed by atoms with van der Waals surface area (Å²) in [4.78, 5) is 0. The zero-order valence-corrected chi connectivity index (χ0v) is 18.2. The predicted octanol–water partition coefficient (Wildman–Crippen LogP) is 5.27. The molecule has 0 fully saturated rings. The summed E-state index contributed by atoms with van der Waals surface area (Å²) >= 11 is 0. The van der Waals surface area contributed by atoms with Gasteiger partial charge < -0.3 is 4.74 Å². The second-order valence-electron chi connectivity index (χ2n) is 6.37. The maximum atomic E-state index is 5.90. The first-order valence-corrected chi connectivity index (χ1v) is 11.0. The van der Waals surface area contributed by atoms with Gasteiger partial charge in [0, 0.05) is 0 Å². The highest BCUT2D eigenvalue weighted by Gasteiger charge is 2.05. The van der Waals surface area contributed by atoms with Crippen LogP contribution in [-0.2, 0) is 0 Å². The molecule has 3 aromatic carbocycles. The highest BCUT2D eigenvalue weighted by molar-refractivity contribution is 7.27. The molecule has 4 heteroatoms. The molecule has 0 heterocycles. The smallest absolute Gasteiger partial charge is 0.119 e. The van der Waals surface area contributed by atoms with Gasteiger partial charge in [-0.15, -0.1) is 27.7 Å². The van der Waals surface area contributed by atoms with Crippen molar-refractivity contribution in [2.75, 3.05) is 18.9 Å². The van der Waals surface area contributed by atoms with Gasteiger partial charge in [-0.1, -0.05) is 60.7 Å². The van der Waals surface area contributed by atoms with Gasteiger partial charge in [-0.05, 0) is 57.9 Å². The van der Waals surface area contributed by atoms with E-state index in [2.05, 4.69) is 101 Å². The maximum Gasteiger partial charge on any atom is 0.119 e. The summed E-state index contributed by atoms with van der Waals surface area (Å²) in [5.41, 5.74) is 4.90. The fourth-order valence-electron chi connectivity index (χ4n) is 2.72. The van der Waals surface area contributed by atoms with Crippen LogP contribution in [0.4, 0.5) is 0 Å². The van der Waals surface area contributed by atoms with Crippen molar-refractivity contribution in [3.05, 3.63) is 72.8 Å². The SMILES string of the molecule is PCC(CP)COc1ccc(-c2ccc(-c3ccc(P)cc3)cc2)cc1. The quantitative estimate of drug-likeness (QED) is 0.493. The Kier molecular flexibility index (Phi) is 7.22. The minimum Gasteiger partial charge on any atom is -0.493 e. The predicted molar refractivity (Wildman–Crippen MR) is 125 cm³/mol. The topological polar surface area (TPSA) is 9.23 Å². The van der Waals surface area contributed by atoms with Gasteiger partial charge >= 0.3 is 0 Å². The van der Waals surface area contributed by atoms with Gasteiger partial charge in [-0.3, -0.25) is 0 Å². The van der Waals surface area contributed by atoms with Crippen LogP contribution < -0.4 is 10.0 Å². The molecular formula is C22H25OP3. The Bertz CT molecular complexity index is 808. The third-order valence-corrected chi connectivity index (χ3v) is 6.19. The lowest BCUT2D eigenvalue weighted by atomic mass is 10.0. The van der Waals surface area contributed by atoms with Crippen LogP contribution in [0.15, 0.2) is 72.8 Å².